The van der Waals surface area contributed by atoms with E-state index in [2.05, 4.69) is 15.4 Å². The number of aryl methyl sites for hydroxylation is 3. The van der Waals surface area contributed by atoms with Gasteiger partial charge in [-0.05, 0) is 57.0 Å². The number of methoxy groups -OCH3 is 1. The van der Waals surface area contributed by atoms with Crippen LogP contribution in [0.15, 0.2) is 24.3 Å². The van der Waals surface area contributed by atoms with Crippen molar-refractivity contribution in [3.63, 3.8) is 0 Å². The number of rotatable bonds is 10. The first-order valence-electron chi connectivity index (χ1n) is 9.80. The molecule has 0 aliphatic carbocycles. The highest BCUT2D eigenvalue weighted by atomic mass is 31.2. The lowest BCUT2D eigenvalue weighted by Crippen LogP contribution is -2.23. The van der Waals surface area contributed by atoms with Gasteiger partial charge in [0.25, 0.3) is 7.52 Å². The van der Waals surface area contributed by atoms with Crippen LogP contribution in [0.1, 0.15) is 42.0 Å². The van der Waals surface area contributed by atoms with E-state index in [1.54, 1.807) is 13.0 Å². The maximum atomic E-state index is 13.8. The van der Waals surface area contributed by atoms with Crippen LogP contribution in [-0.4, -0.2) is 36.9 Å². The number of benzene rings is 1. The third kappa shape index (κ3) is 5.50. The molecule has 7 nitrogen and oxygen atoms in total. The molecule has 1 aromatic heterocycles. The lowest BCUT2D eigenvalue weighted by Gasteiger charge is -2.29. The van der Waals surface area contributed by atoms with E-state index in [4.69, 9.17) is 9.26 Å². The van der Waals surface area contributed by atoms with Crippen LogP contribution in [0.4, 0.5) is 5.69 Å². The Balaban J connectivity index is 2.48. The largest absolute Gasteiger partial charge is 0.504 e. The Morgan fingerprint density at radius 2 is 1.93 bits per heavy atom. The summed E-state index contributed by atoms with van der Waals surface area (Å²) in [4.78, 5) is 4.48. The highest BCUT2D eigenvalue weighted by Gasteiger charge is 2.35. The molecule has 8 heteroatoms. The summed E-state index contributed by atoms with van der Waals surface area (Å²) in [5.74, 6) is 0.425. The van der Waals surface area contributed by atoms with Gasteiger partial charge in [0.1, 0.15) is 0 Å². The Labute approximate surface area is 173 Å². The van der Waals surface area contributed by atoms with Gasteiger partial charge in [-0.1, -0.05) is 13.0 Å². The molecule has 2 rings (SSSR count). The number of phenols is 1. The standard InChI is InChI=1S/C21H32N3O4P/c1-7-23-29(26,28-8-2)20(13-22-18-10-9-15(4)24-16(18)5)17-11-14(3)21(25)19(12-17)27-6/h9-12,20,22,25H,7-8,13H2,1-6H3,(H,23,26). The zero-order valence-corrected chi connectivity index (χ0v) is 19.0. The van der Waals surface area contributed by atoms with Gasteiger partial charge < -0.3 is 19.7 Å². The number of anilines is 1. The van der Waals surface area contributed by atoms with E-state index in [9.17, 15) is 9.67 Å². The lowest BCUT2D eigenvalue weighted by atomic mass is 10.1. The molecule has 2 atom stereocenters. The number of aromatic nitrogens is 1. The van der Waals surface area contributed by atoms with Crippen LogP contribution in [0.25, 0.3) is 0 Å². The van der Waals surface area contributed by atoms with E-state index in [0.717, 1.165) is 22.6 Å². The van der Waals surface area contributed by atoms with Crippen molar-refractivity contribution in [1.82, 2.24) is 10.1 Å². The second-order valence-electron chi connectivity index (χ2n) is 6.90. The fraction of sp³-hybridized carbons (Fsp3) is 0.476. The van der Waals surface area contributed by atoms with Gasteiger partial charge in [0, 0.05) is 18.8 Å². The van der Waals surface area contributed by atoms with E-state index in [0.29, 0.717) is 31.0 Å². The van der Waals surface area contributed by atoms with Gasteiger partial charge in [-0.2, -0.15) is 0 Å². The number of aromatic hydroxyl groups is 1. The second-order valence-corrected chi connectivity index (χ2v) is 9.29. The summed E-state index contributed by atoms with van der Waals surface area (Å²) in [6, 6.07) is 7.45. The number of nitrogens with zero attached hydrogens (tertiary/aromatic N) is 1. The smallest absolute Gasteiger partial charge is 0.278 e. The van der Waals surface area contributed by atoms with Crippen LogP contribution in [0, 0.1) is 20.8 Å². The summed E-state index contributed by atoms with van der Waals surface area (Å²) in [5, 5.41) is 16.7. The molecule has 29 heavy (non-hydrogen) atoms. The molecular weight excluding hydrogens is 389 g/mol. The van der Waals surface area contributed by atoms with E-state index in [-0.39, 0.29) is 5.75 Å². The number of ether oxygens (including phenoxy) is 1. The summed E-state index contributed by atoms with van der Waals surface area (Å²) in [6.45, 7) is 10.6. The summed E-state index contributed by atoms with van der Waals surface area (Å²) in [6.07, 6.45) is 0. The summed E-state index contributed by atoms with van der Waals surface area (Å²) in [5.41, 5.74) is 3.62. The lowest BCUT2D eigenvalue weighted by molar-refractivity contribution is 0.317. The van der Waals surface area contributed by atoms with Gasteiger partial charge >= 0.3 is 0 Å². The maximum Gasteiger partial charge on any atom is 0.278 e. The highest BCUT2D eigenvalue weighted by molar-refractivity contribution is 7.57. The van der Waals surface area contributed by atoms with Gasteiger partial charge in [-0.15, -0.1) is 0 Å². The summed E-state index contributed by atoms with van der Waals surface area (Å²) >= 11 is 0. The van der Waals surface area contributed by atoms with Crippen LogP contribution >= 0.6 is 7.52 Å². The molecule has 1 heterocycles. The predicted octanol–water partition coefficient (Wildman–Crippen LogP) is 4.71. The van der Waals surface area contributed by atoms with Crippen molar-refractivity contribution in [2.24, 2.45) is 0 Å². The van der Waals surface area contributed by atoms with Crippen molar-refractivity contribution in [3.05, 3.63) is 46.8 Å². The van der Waals surface area contributed by atoms with Crippen molar-refractivity contribution < 1.29 is 18.9 Å². The third-order valence-corrected chi connectivity index (χ3v) is 7.41. The van der Waals surface area contributed by atoms with Crippen LogP contribution < -0.4 is 15.1 Å². The molecule has 0 aliphatic heterocycles. The number of nitrogens with one attached hydrogen (secondary N) is 2. The molecule has 0 fully saturated rings. The Morgan fingerprint density at radius 3 is 2.52 bits per heavy atom. The minimum atomic E-state index is -3.25. The van der Waals surface area contributed by atoms with Crippen molar-refractivity contribution in [2.45, 2.75) is 40.3 Å². The molecule has 160 valence electrons. The normalized spacial score (nSPS) is 14.3. The van der Waals surface area contributed by atoms with Crippen molar-refractivity contribution in [1.29, 1.82) is 0 Å². The molecule has 0 radical (unpaired) electrons. The first-order chi connectivity index (χ1) is 13.8. The number of pyridine rings is 1. The minimum Gasteiger partial charge on any atom is -0.504 e. The molecule has 0 aliphatic rings. The van der Waals surface area contributed by atoms with Gasteiger partial charge in [-0.3, -0.25) is 9.55 Å². The Kier molecular flexibility index (Phi) is 8.08. The van der Waals surface area contributed by atoms with E-state index >= 15 is 0 Å². The van der Waals surface area contributed by atoms with Gasteiger partial charge in [0.15, 0.2) is 11.5 Å². The molecule has 0 saturated carbocycles. The molecule has 1 aromatic carbocycles. The molecular formula is C21H32N3O4P. The average Bonchev–Trinajstić information content (AvgIpc) is 2.66. The number of hydrogen-bond donors (Lipinski definition) is 3. The quantitative estimate of drug-likeness (QED) is 0.478. The fourth-order valence-electron chi connectivity index (χ4n) is 3.29. The number of phenolic OH excluding ortho intramolecular Hbond substituents is 1. The Hall–Kier alpha value is -2.08. The van der Waals surface area contributed by atoms with Crippen molar-refractivity contribution in [2.75, 3.05) is 32.1 Å². The van der Waals surface area contributed by atoms with Gasteiger partial charge in [-0.25, -0.2) is 5.09 Å². The fourth-order valence-corrected chi connectivity index (χ4v) is 5.48. The van der Waals surface area contributed by atoms with Crippen LogP contribution in [-0.2, 0) is 9.09 Å². The topological polar surface area (TPSA) is 92.7 Å². The van der Waals surface area contributed by atoms with Crippen molar-refractivity contribution in [3.8, 4) is 11.5 Å². The minimum absolute atomic E-state index is 0.0798. The average molecular weight is 421 g/mol. The van der Waals surface area contributed by atoms with E-state index in [1.165, 1.54) is 7.11 Å². The zero-order valence-electron chi connectivity index (χ0n) is 18.1. The molecule has 0 bridgehead atoms. The van der Waals surface area contributed by atoms with Gasteiger partial charge in [0.05, 0.1) is 30.8 Å². The SMILES string of the molecule is CCNP(=O)(OCC)C(CNc1ccc(C)nc1C)c1cc(C)c(O)c(OC)c1. The molecule has 0 saturated heterocycles. The monoisotopic (exact) mass is 421 g/mol. The molecule has 0 spiro atoms. The van der Waals surface area contributed by atoms with E-state index in [1.807, 2.05) is 45.9 Å². The van der Waals surface area contributed by atoms with Crippen LogP contribution in [0.5, 0.6) is 11.5 Å². The summed E-state index contributed by atoms with van der Waals surface area (Å²) < 4.78 is 24.8. The second kappa shape index (κ2) is 10.1. The maximum absolute atomic E-state index is 13.8. The Morgan fingerprint density at radius 1 is 1.21 bits per heavy atom. The van der Waals surface area contributed by atoms with E-state index < -0.39 is 13.2 Å². The first-order valence-corrected chi connectivity index (χ1v) is 11.5. The van der Waals surface area contributed by atoms with Crippen LogP contribution in [0.2, 0.25) is 0 Å². The van der Waals surface area contributed by atoms with Crippen LogP contribution in [0.3, 0.4) is 0 Å². The highest BCUT2D eigenvalue weighted by Crippen LogP contribution is 2.57. The zero-order chi connectivity index (χ0) is 21.6. The van der Waals surface area contributed by atoms with Gasteiger partial charge in [0.2, 0.25) is 0 Å². The molecule has 3 N–H and O–H groups in total. The predicted molar refractivity (Wildman–Crippen MR) is 117 cm³/mol. The third-order valence-electron chi connectivity index (χ3n) is 4.71. The first kappa shape index (κ1) is 23.2. The molecule has 2 aromatic rings. The van der Waals surface area contributed by atoms with Crippen molar-refractivity contribution >= 4 is 13.2 Å². The summed E-state index contributed by atoms with van der Waals surface area (Å²) in [7, 11) is -1.75. The Bertz CT molecular complexity index is 878. The number of hydrogen-bond acceptors (Lipinski definition) is 6. The molecule has 0 amide bonds. The molecule has 2 unspecified atom stereocenters.